The van der Waals surface area contributed by atoms with Crippen LogP contribution in [0.15, 0.2) is 47.0 Å². The number of fused-ring (bicyclic) bond motifs is 3. The van der Waals surface area contributed by atoms with Crippen LogP contribution in [-0.4, -0.2) is 123 Å². The van der Waals surface area contributed by atoms with Crippen molar-refractivity contribution in [1.82, 2.24) is 31.3 Å². The molecule has 2 aliphatic heterocycles. The van der Waals surface area contributed by atoms with Crippen molar-refractivity contribution in [2.75, 3.05) is 65.1 Å². The molecule has 0 spiro atoms. The zero-order valence-corrected chi connectivity index (χ0v) is 32.8. The minimum absolute atomic E-state index is 0.0697. The molecule has 1 fully saturated rings. The first kappa shape index (κ1) is 42.3. The lowest BCUT2D eigenvalue weighted by Crippen LogP contribution is -2.59. The molecule has 5 rings (SSSR count). The highest BCUT2D eigenvalue weighted by molar-refractivity contribution is 5.97. The molecule has 5 amide bonds. The van der Waals surface area contributed by atoms with Gasteiger partial charge in [0.15, 0.2) is 17.3 Å². The molecule has 0 aliphatic carbocycles. The molecule has 0 saturated carbocycles. The number of ether oxygens (including phenoxy) is 4. The van der Waals surface area contributed by atoms with Gasteiger partial charge in [-0.3, -0.25) is 24.0 Å². The number of aromatic nitrogens is 1. The molecule has 3 atom stereocenters. The second-order valence-electron chi connectivity index (χ2n) is 14.0. The van der Waals surface area contributed by atoms with Crippen LogP contribution >= 0.6 is 0 Å². The number of benzene rings is 2. The average Bonchev–Trinajstić information content (AvgIpc) is 3.70. The van der Waals surface area contributed by atoms with Gasteiger partial charge < -0.3 is 59.6 Å². The number of carbonyl (C=O) groups is 5. The van der Waals surface area contributed by atoms with Crippen molar-refractivity contribution in [2.45, 2.75) is 58.3 Å². The lowest BCUT2D eigenvalue weighted by atomic mass is 10.0. The number of hydrogen-bond donors (Lipinski definition) is 5. The third-order valence-electron chi connectivity index (χ3n) is 9.53. The van der Waals surface area contributed by atoms with Gasteiger partial charge in [-0.2, -0.15) is 0 Å². The van der Waals surface area contributed by atoms with E-state index in [1.165, 1.54) is 38.2 Å². The normalized spacial score (nSPS) is 19.9. The quantitative estimate of drug-likeness (QED) is 0.240. The molecular formula is C39H51N7O11. The van der Waals surface area contributed by atoms with Crippen LogP contribution in [0.3, 0.4) is 0 Å². The van der Waals surface area contributed by atoms with Gasteiger partial charge in [0, 0.05) is 37.8 Å². The zero-order valence-electron chi connectivity index (χ0n) is 32.8. The van der Waals surface area contributed by atoms with E-state index in [1.807, 2.05) is 4.90 Å². The van der Waals surface area contributed by atoms with Crippen LogP contribution in [0, 0.1) is 5.92 Å². The Bertz CT molecular complexity index is 1890. The van der Waals surface area contributed by atoms with E-state index < -0.39 is 54.3 Å². The number of aliphatic hydroxyl groups excluding tert-OH is 1. The predicted octanol–water partition coefficient (Wildman–Crippen LogP) is 1.61. The molecule has 308 valence electrons. The molecule has 2 aromatic carbocycles. The fourth-order valence-corrected chi connectivity index (χ4v) is 6.33. The Balaban J connectivity index is 1.43. The summed E-state index contributed by atoms with van der Waals surface area (Å²) >= 11 is 0. The molecule has 2 aliphatic rings. The second kappa shape index (κ2) is 19.8. The van der Waals surface area contributed by atoms with Gasteiger partial charge in [0.2, 0.25) is 23.5 Å². The first-order chi connectivity index (χ1) is 27.4. The average molecular weight is 794 g/mol. The SMILES string of the molecule is COc1ccc2cc1Oc1cccc(OC)c1CNC(=O)[C@@H](C(C)C)NC(=O)[C@H]([C@@H](C)O)NC(=O)CN(C(=O)c1cc(N3CCOCC3)no1)CCCCNC2=O. The van der Waals surface area contributed by atoms with Gasteiger partial charge in [-0.05, 0) is 56.0 Å². The molecule has 1 aromatic heterocycles. The van der Waals surface area contributed by atoms with Crippen molar-refractivity contribution in [3.63, 3.8) is 0 Å². The van der Waals surface area contributed by atoms with Gasteiger partial charge >= 0.3 is 0 Å². The van der Waals surface area contributed by atoms with Gasteiger partial charge in [-0.25, -0.2) is 0 Å². The Morgan fingerprint density at radius 3 is 2.33 bits per heavy atom. The summed E-state index contributed by atoms with van der Waals surface area (Å²) in [6.45, 7) is 6.63. The van der Waals surface area contributed by atoms with Crippen molar-refractivity contribution in [3.8, 4) is 23.0 Å². The smallest absolute Gasteiger partial charge is 0.293 e. The Morgan fingerprint density at radius 1 is 0.877 bits per heavy atom. The van der Waals surface area contributed by atoms with Crippen molar-refractivity contribution < 1.29 is 52.5 Å². The van der Waals surface area contributed by atoms with Gasteiger partial charge in [0.05, 0.1) is 52.2 Å². The number of hydrogen-bond acceptors (Lipinski definition) is 13. The van der Waals surface area contributed by atoms with E-state index in [1.54, 1.807) is 44.2 Å². The number of anilines is 1. The van der Waals surface area contributed by atoms with E-state index in [0.29, 0.717) is 73.3 Å². The van der Waals surface area contributed by atoms with Crippen molar-refractivity contribution >= 4 is 35.4 Å². The Kier molecular flexibility index (Phi) is 14.7. The van der Waals surface area contributed by atoms with Crippen LogP contribution in [0.25, 0.3) is 0 Å². The predicted molar refractivity (Wildman–Crippen MR) is 205 cm³/mol. The fourth-order valence-electron chi connectivity index (χ4n) is 6.33. The molecular weight excluding hydrogens is 742 g/mol. The van der Waals surface area contributed by atoms with Gasteiger partial charge in [-0.1, -0.05) is 25.1 Å². The second-order valence-corrected chi connectivity index (χ2v) is 14.0. The highest BCUT2D eigenvalue weighted by atomic mass is 16.5. The van der Waals surface area contributed by atoms with Crippen LogP contribution < -0.4 is 40.4 Å². The fraction of sp³-hybridized carbons (Fsp3) is 0.487. The molecule has 0 unspecified atom stereocenters. The summed E-state index contributed by atoms with van der Waals surface area (Å²) in [6.07, 6.45) is -0.582. The Morgan fingerprint density at radius 2 is 1.63 bits per heavy atom. The third kappa shape index (κ3) is 10.9. The molecule has 57 heavy (non-hydrogen) atoms. The standard InChI is InChI=1S/C39H51N7O11/c1-23(2)34-37(50)41-21-26-27(53-4)9-8-10-28(26)56-30-19-25(11-12-29(30)54-5)36(49)40-13-6-7-14-46(22-33(48)42-35(24(3)47)38(51)43-34)39(52)31-20-32(44-57-31)45-15-17-55-18-16-45/h8-12,19-20,23-24,34-35,47H,6-7,13-18,21-22H2,1-5H3,(H,40,49)(H,41,50)(H,42,48)(H,43,51)/t24-,34-,35+/m1/s1. The summed E-state index contributed by atoms with van der Waals surface area (Å²) < 4.78 is 28.2. The first-order valence-corrected chi connectivity index (χ1v) is 18.8. The van der Waals surface area contributed by atoms with E-state index in [0.717, 1.165) is 0 Å². The molecule has 1 saturated heterocycles. The lowest BCUT2D eigenvalue weighted by molar-refractivity contribution is -0.135. The van der Waals surface area contributed by atoms with Crippen LogP contribution in [0.4, 0.5) is 5.82 Å². The maximum Gasteiger partial charge on any atom is 0.293 e. The van der Waals surface area contributed by atoms with E-state index in [-0.39, 0.29) is 37.1 Å². The van der Waals surface area contributed by atoms with Crippen LogP contribution in [0.2, 0.25) is 0 Å². The largest absolute Gasteiger partial charge is 0.496 e. The van der Waals surface area contributed by atoms with Crippen LogP contribution in [-0.2, 0) is 25.7 Å². The summed E-state index contributed by atoms with van der Waals surface area (Å²) in [6, 6.07) is 8.76. The molecule has 18 nitrogen and oxygen atoms in total. The number of nitrogens with one attached hydrogen (secondary N) is 4. The van der Waals surface area contributed by atoms with Gasteiger partial charge in [0.25, 0.3) is 11.8 Å². The summed E-state index contributed by atoms with van der Waals surface area (Å²) in [5.74, 6) is -1.87. The highest BCUT2D eigenvalue weighted by Gasteiger charge is 2.33. The monoisotopic (exact) mass is 793 g/mol. The maximum absolute atomic E-state index is 13.8. The summed E-state index contributed by atoms with van der Waals surface area (Å²) in [7, 11) is 2.94. The third-order valence-corrected chi connectivity index (χ3v) is 9.53. The number of amides is 5. The Labute approximate surface area is 330 Å². The minimum atomic E-state index is -1.47. The van der Waals surface area contributed by atoms with Gasteiger partial charge in [-0.15, -0.1) is 0 Å². The molecule has 18 heteroatoms. The van der Waals surface area contributed by atoms with Crippen LogP contribution in [0.1, 0.15) is 60.1 Å². The van der Waals surface area contributed by atoms with Crippen molar-refractivity contribution in [2.24, 2.45) is 5.92 Å². The summed E-state index contributed by atoms with van der Waals surface area (Å²) in [5, 5.41) is 25.6. The van der Waals surface area contributed by atoms with E-state index in [9.17, 15) is 29.1 Å². The summed E-state index contributed by atoms with van der Waals surface area (Å²) in [4.78, 5) is 71.1. The summed E-state index contributed by atoms with van der Waals surface area (Å²) in [5.41, 5.74) is 0.758. The van der Waals surface area contributed by atoms with Crippen LogP contribution in [0.5, 0.6) is 23.0 Å². The Hall–Kier alpha value is -5.88. The van der Waals surface area contributed by atoms with E-state index in [2.05, 4.69) is 26.4 Å². The number of rotatable bonds is 6. The topological polar surface area (TPSA) is 223 Å². The molecule has 5 N–H and O–H groups in total. The molecule has 2 bridgehead atoms. The lowest BCUT2D eigenvalue weighted by Gasteiger charge is -2.28. The minimum Gasteiger partial charge on any atom is -0.496 e. The van der Waals surface area contributed by atoms with E-state index >= 15 is 0 Å². The molecule has 3 aromatic rings. The number of carbonyl (C=O) groups excluding carboxylic acids is 5. The van der Waals surface area contributed by atoms with E-state index in [4.69, 9.17) is 23.5 Å². The van der Waals surface area contributed by atoms with Gasteiger partial charge in [0.1, 0.15) is 23.6 Å². The van der Waals surface area contributed by atoms with Crippen molar-refractivity contribution in [1.29, 1.82) is 0 Å². The maximum atomic E-state index is 13.8. The number of aliphatic hydroxyl groups is 1. The van der Waals surface area contributed by atoms with Crippen molar-refractivity contribution in [3.05, 3.63) is 59.4 Å². The molecule has 0 radical (unpaired) electrons. The highest BCUT2D eigenvalue weighted by Crippen LogP contribution is 2.37. The number of nitrogens with zero attached hydrogens (tertiary/aromatic N) is 3. The first-order valence-electron chi connectivity index (χ1n) is 18.8. The number of morpholine rings is 1. The molecule has 3 heterocycles. The number of methoxy groups -OCH3 is 2. The zero-order chi connectivity index (χ0) is 41.1.